The number of carboxylic acids is 1. The molecule has 3 aromatic rings. The zero-order chi connectivity index (χ0) is 22.5. The van der Waals surface area contributed by atoms with E-state index in [1.54, 1.807) is 26.4 Å². The highest BCUT2D eigenvalue weighted by molar-refractivity contribution is 6.30. The number of benzene rings is 2. The summed E-state index contributed by atoms with van der Waals surface area (Å²) in [5.74, 6) is 0.463. The van der Waals surface area contributed by atoms with Gasteiger partial charge >= 0.3 is 5.97 Å². The van der Waals surface area contributed by atoms with Gasteiger partial charge in [-0.2, -0.15) is 0 Å². The number of hydrogen-bond donors (Lipinski definition) is 2. The second kappa shape index (κ2) is 9.90. The van der Waals surface area contributed by atoms with E-state index in [9.17, 15) is 9.90 Å². The van der Waals surface area contributed by atoms with Crippen LogP contribution in [0.3, 0.4) is 0 Å². The lowest BCUT2D eigenvalue weighted by molar-refractivity contribution is 0.0695. The van der Waals surface area contributed by atoms with Crippen LogP contribution in [-0.2, 0) is 13.0 Å². The van der Waals surface area contributed by atoms with Crippen LogP contribution in [0.25, 0.3) is 5.69 Å². The fourth-order valence-electron chi connectivity index (χ4n) is 3.86. The number of aromatic nitrogens is 1. The van der Waals surface area contributed by atoms with E-state index in [0.29, 0.717) is 40.9 Å². The average Bonchev–Trinajstić information content (AvgIpc) is 3.01. The molecule has 0 atom stereocenters. The third-order valence-corrected chi connectivity index (χ3v) is 5.66. The molecule has 0 saturated carbocycles. The zero-order valence-corrected chi connectivity index (χ0v) is 18.9. The van der Waals surface area contributed by atoms with Crippen molar-refractivity contribution in [1.82, 2.24) is 9.88 Å². The number of halogens is 1. The van der Waals surface area contributed by atoms with E-state index in [4.69, 9.17) is 21.1 Å². The molecular weight excluding hydrogens is 416 g/mol. The summed E-state index contributed by atoms with van der Waals surface area (Å²) in [5.41, 5.74) is 4.71. The normalized spacial score (nSPS) is 10.9. The summed E-state index contributed by atoms with van der Waals surface area (Å²) in [4.78, 5) is 12.0. The van der Waals surface area contributed by atoms with E-state index >= 15 is 0 Å². The summed E-state index contributed by atoms with van der Waals surface area (Å²) < 4.78 is 12.6. The van der Waals surface area contributed by atoms with Gasteiger partial charge in [0.15, 0.2) is 11.5 Å². The lowest BCUT2D eigenvalue weighted by atomic mass is 10.1. The number of nitrogens with zero attached hydrogens (tertiary/aromatic N) is 1. The predicted molar refractivity (Wildman–Crippen MR) is 122 cm³/mol. The molecule has 31 heavy (non-hydrogen) atoms. The van der Waals surface area contributed by atoms with Crippen LogP contribution in [0.5, 0.6) is 11.5 Å². The Morgan fingerprint density at radius 1 is 1.03 bits per heavy atom. The third kappa shape index (κ3) is 4.86. The third-order valence-electron chi connectivity index (χ3n) is 5.41. The van der Waals surface area contributed by atoms with E-state index in [1.165, 1.54) is 0 Å². The Hall–Kier alpha value is -2.96. The standard InChI is InChI=1S/C24H27ClN2O4/c1-15-20(14-26-12-11-17-5-10-21(30-3)22(13-17)31-4)23(24(28)29)16(2)27(15)19-8-6-18(25)7-9-19/h5-10,13,26H,11-12,14H2,1-4H3,(H,28,29). The van der Waals surface area contributed by atoms with Gasteiger partial charge in [0.1, 0.15) is 0 Å². The first-order valence-electron chi connectivity index (χ1n) is 9.99. The molecule has 0 spiro atoms. The maximum absolute atomic E-state index is 12.0. The van der Waals surface area contributed by atoms with Crippen molar-refractivity contribution in [1.29, 1.82) is 0 Å². The Bertz CT molecular complexity index is 1070. The molecule has 0 fully saturated rings. The SMILES string of the molecule is COc1ccc(CCNCc2c(C(=O)O)c(C)n(-c3ccc(Cl)cc3)c2C)cc1OC. The molecule has 3 rings (SSSR count). The molecule has 7 heteroatoms. The number of hydrogen-bond acceptors (Lipinski definition) is 4. The van der Waals surface area contributed by atoms with Gasteiger partial charge in [0.05, 0.1) is 19.8 Å². The first-order valence-corrected chi connectivity index (χ1v) is 10.4. The van der Waals surface area contributed by atoms with Gasteiger partial charge in [-0.1, -0.05) is 17.7 Å². The molecule has 6 nitrogen and oxygen atoms in total. The van der Waals surface area contributed by atoms with Gasteiger partial charge < -0.3 is 24.5 Å². The number of aromatic carboxylic acids is 1. The van der Waals surface area contributed by atoms with Gasteiger partial charge in [-0.15, -0.1) is 0 Å². The first kappa shape index (κ1) is 22.7. The van der Waals surface area contributed by atoms with Gasteiger partial charge in [-0.25, -0.2) is 4.79 Å². The minimum Gasteiger partial charge on any atom is -0.493 e. The molecule has 0 saturated heterocycles. The number of nitrogens with one attached hydrogen (secondary N) is 1. The van der Waals surface area contributed by atoms with Crippen molar-refractivity contribution in [3.63, 3.8) is 0 Å². The number of carbonyl (C=O) groups is 1. The topological polar surface area (TPSA) is 72.7 Å². The van der Waals surface area contributed by atoms with E-state index in [-0.39, 0.29) is 0 Å². The van der Waals surface area contributed by atoms with E-state index in [0.717, 1.165) is 28.9 Å². The zero-order valence-electron chi connectivity index (χ0n) is 18.2. The van der Waals surface area contributed by atoms with Gasteiger partial charge in [-0.05, 0) is 68.8 Å². The van der Waals surface area contributed by atoms with Crippen LogP contribution in [0.4, 0.5) is 0 Å². The van der Waals surface area contributed by atoms with Crippen LogP contribution in [0.15, 0.2) is 42.5 Å². The largest absolute Gasteiger partial charge is 0.493 e. The lowest BCUT2D eigenvalue weighted by Gasteiger charge is -2.11. The molecule has 164 valence electrons. The summed E-state index contributed by atoms with van der Waals surface area (Å²) in [5, 5.41) is 13.9. The maximum Gasteiger partial charge on any atom is 0.337 e. The van der Waals surface area contributed by atoms with Crippen molar-refractivity contribution >= 4 is 17.6 Å². The average molecular weight is 443 g/mol. The van der Waals surface area contributed by atoms with Gasteiger partial charge in [0.25, 0.3) is 0 Å². The number of ether oxygens (including phenoxy) is 2. The summed E-state index contributed by atoms with van der Waals surface area (Å²) in [6, 6.07) is 13.2. The second-order valence-electron chi connectivity index (χ2n) is 7.26. The number of carboxylic acid groups (broad SMARTS) is 1. The molecule has 0 amide bonds. The quantitative estimate of drug-likeness (QED) is 0.466. The fourth-order valence-corrected chi connectivity index (χ4v) is 3.98. The molecule has 2 N–H and O–H groups in total. The van der Waals surface area contributed by atoms with Crippen molar-refractivity contribution in [2.45, 2.75) is 26.8 Å². The van der Waals surface area contributed by atoms with Crippen LogP contribution in [0.2, 0.25) is 5.02 Å². The Balaban J connectivity index is 1.76. The van der Waals surface area contributed by atoms with Crippen molar-refractivity contribution in [3.8, 4) is 17.2 Å². The number of methoxy groups -OCH3 is 2. The molecular formula is C24H27ClN2O4. The van der Waals surface area contributed by atoms with Crippen molar-refractivity contribution in [2.24, 2.45) is 0 Å². The fraction of sp³-hybridized carbons (Fsp3) is 0.292. The predicted octanol–water partition coefficient (Wildman–Crippen LogP) is 4.80. The van der Waals surface area contributed by atoms with Gasteiger partial charge in [0, 0.05) is 34.2 Å². The van der Waals surface area contributed by atoms with Crippen molar-refractivity contribution in [2.75, 3.05) is 20.8 Å². The Kier molecular flexibility index (Phi) is 7.25. The van der Waals surface area contributed by atoms with Crippen LogP contribution < -0.4 is 14.8 Å². The molecule has 0 radical (unpaired) electrons. The van der Waals surface area contributed by atoms with Crippen LogP contribution in [0, 0.1) is 13.8 Å². The smallest absolute Gasteiger partial charge is 0.337 e. The van der Waals surface area contributed by atoms with Crippen LogP contribution in [0.1, 0.15) is 32.9 Å². The first-order chi connectivity index (χ1) is 14.9. The summed E-state index contributed by atoms with van der Waals surface area (Å²) >= 11 is 6.01. The minimum atomic E-state index is -0.926. The number of rotatable bonds is 9. The van der Waals surface area contributed by atoms with Gasteiger partial charge in [-0.3, -0.25) is 0 Å². The van der Waals surface area contributed by atoms with Crippen molar-refractivity contribution in [3.05, 3.63) is 75.6 Å². The maximum atomic E-state index is 12.0. The van der Waals surface area contributed by atoms with Crippen LogP contribution >= 0.6 is 11.6 Å². The summed E-state index contributed by atoms with van der Waals surface area (Å²) in [7, 11) is 3.23. The van der Waals surface area contributed by atoms with Gasteiger partial charge in [0.2, 0.25) is 0 Å². The Morgan fingerprint density at radius 3 is 2.32 bits per heavy atom. The minimum absolute atomic E-state index is 0.339. The highest BCUT2D eigenvalue weighted by Gasteiger charge is 2.23. The van der Waals surface area contributed by atoms with Crippen LogP contribution in [-0.4, -0.2) is 36.4 Å². The molecule has 0 aliphatic heterocycles. The van der Waals surface area contributed by atoms with E-state index in [2.05, 4.69) is 5.32 Å². The highest BCUT2D eigenvalue weighted by atomic mass is 35.5. The second-order valence-corrected chi connectivity index (χ2v) is 7.69. The molecule has 2 aromatic carbocycles. The molecule has 1 aromatic heterocycles. The summed E-state index contributed by atoms with van der Waals surface area (Å²) in [6.07, 6.45) is 0.776. The van der Waals surface area contributed by atoms with E-state index in [1.807, 2.05) is 48.7 Å². The molecule has 0 aliphatic rings. The Labute approximate surface area is 187 Å². The van der Waals surface area contributed by atoms with E-state index < -0.39 is 5.97 Å². The monoisotopic (exact) mass is 442 g/mol. The lowest BCUT2D eigenvalue weighted by Crippen LogP contribution is -2.18. The Morgan fingerprint density at radius 2 is 1.71 bits per heavy atom. The summed E-state index contributed by atoms with van der Waals surface area (Å²) in [6.45, 7) is 4.93. The molecule has 0 aliphatic carbocycles. The highest BCUT2D eigenvalue weighted by Crippen LogP contribution is 2.28. The molecule has 0 bridgehead atoms. The van der Waals surface area contributed by atoms with Crippen molar-refractivity contribution < 1.29 is 19.4 Å². The molecule has 1 heterocycles. The molecule has 0 unspecified atom stereocenters.